The summed E-state index contributed by atoms with van der Waals surface area (Å²) in [5, 5.41) is 5.87. The van der Waals surface area contributed by atoms with Crippen LogP contribution in [0.25, 0.3) is 0 Å². The minimum atomic E-state index is -0.317. The van der Waals surface area contributed by atoms with Crippen LogP contribution in [0.3, 0.4) is 0 Å². The lowest BCUT2D eigenvalue weighted by Crippen LogP contribution is -2.48. The Morgan fingerprint density at radius 1 is 1.59 bits per heavy atom. The molecule has 0 bridgehead atoms. The van der Waals surface area contributed by atoms with Crippen LogP contribution in [0.4, 0.5) is 11.4 Å². The van der Waals surface area contributed by atoms with Crippen molar-refractivity contribution in [3.05, 3.63) is 22.7 Å². The number of nitrogen functional groups attached to an aromatic ring is 1. The van der Waals surface area contributed by atoms with Gasteiger partial charge in [-0.25, -0.2) is 0 Å². The smallest absolute Gasteiger partial charge is 0.243 e. The maximum atomic E-state index is 11.9. The number of halogens is 1. The Kier molecular flexibility index (Phi) is 3.98. The van der Waals surface area contributed by atoms with Gasteiger partial charge in [0.05, 0.1) is 24.6 Å². The van der Waals surface area contributed by atoms with E-state index in [-0.39, 0.29) is 11.9 Å². The van der Waals surface area contributed by atoms with E-state index in [2.05, 4.69) is 26.6 Å². The fourth-order valence-corrected chi connectivity index (χ4v) is 1.95. The van der Waals surface area contributed by atoms with Crippen LogP contribution in [0, 0.1) is 0 Å². The lowest BCUT2D eigenvalue weighted by Gasteiger charge is -2.23. The SMILES string of the molecule is Nc1ccc(Br)cc1NC(=O)[C@@H]1COCCN1. The molecule has 0 radical (unpaired) electrons. The summed E-state index contributed by atoms with van der Waals surface area (Å²) in [5.74, 6) is -0.130. The molecule has 1 amide bonds. The van der Waals surface area contributed by atoms with Gasteiger partial charge in [-0.3, -0.25) is 4.79 Å². The molecule has 0 saturated carbocycles. The summed E-state index contributed by atoms with van der Waals surface area (Å²) in [6.07, 6.45) is 0. The van der Waals surface area contributed by atoms with Crippen LogP contribution in [0.15, 0.2) is 22.7 Å². The molecule has 1 aromatic carbocycles. The zero-order chi connectivity index (χ0) is 12.3. The number of ether oxygens (including phenoxy) is 1. The normalized spacial score (nSPS) is 19.9. The molecule has 6 heteroatoms. The Morgan fingerprint density at radius 2 is 2.41 bits per heavy atom. The van der Waals surface area contributed by atoms with Gasteiger partial charge in [0.25, 0.3) is 0 Å². The molecule has 17 heavy (non-hydrogen) atoms. The van der Waals surface area contributed by atoms with E-state index in [9.17, 15) is 4.79 Å². The molecule has 4 N–H and O–H groups in total. The number of nitrogens with one attached hydrogen (secondary N) is 2. The molecule has 0 aliphatic carbocycles. The Labute approximate surface area is 108 Å². The highest BCUT2D eigenvalue weighted by molar-refractivity contribution is 9.10. The van der Waals surface area contributed by atoms with Crippen molar-refractivity contribution in [3.63, 3.8) is 0 Å². The maximum Gasteiger partial charge on any atom is 0.243 e. The van der Waals surface area contributed by atoms with Crippen molar-refractivity contribution in [3.8, 4) is 0 Å². The topological polar surface area (TPSA) is 76.4 Å². The highest BCUT2D eigenvalue weighted by Crippen LogP contribution is 2.23. The van der Waals surface area contributed by atoms with Gasteiger partial charge in [0.15, 0.2) is 0 Å². The second-order valence-electron chi connectivity index (χ2n) is 3.80. The summed E-state index contributed by atoms with van der Waals surface area (Å²) in [6.45, 7) is 1.72. The molecule has 1 heterocycles. The van der Waals surface area contributed by atoms with Crippen molar-refractivity contribution in [2.24, 2.45) is 0 Å². The van der Waals surface area contributed by atoms with Gasteiger partial charge in [0.1, 0.15) is 6.04 Å². The third-order valence-electron chi connectivity index (χ3n) is 2.51. The van der Waals surface area contributed by atoms with E-state index >= 15 is 0 Å². The molecule has 1 saturated heterocycles. The molecule has 0 unspecified atom stereocenters. The van der Waals surface area contributed by atoms with Crippen LogP contribution in [0.5, 0.6) is 0 Å². The number of carbonyl (C=O) groups is 1. The first kappa shape index (κ1) is 12.3. The second kappa shape index (κ2) is 5.48. The van der Waals surface area contributed by atoms with Crippen molar-refractivity contribution in [1.29, 1.82) is 0 Å². The molecule has 5 nitrogen and oxygen atoms in total. The lowest BCUT2D eigenvalue weighted by molar-refractivity contribution is -0.120. The highest BCUT2D eigenvalue weighted by Gasteiger charge is 2.21. The number of rotatable bonds is 2. The maximum absolute atomic E-state index is 11.9. The average Bonchev–Trinajstić information content (AvgIpc) is 2.35. The first-order valence-corrected chi connectivity index (χ1v) is 6.13. The Bertz CT molecular complexity index is 419. The van der Waals surface area contributed by atoms with Crippen LogP contribution in [-0.2, 0) is 9.53 Å². The molecule has 0 spiro atoms. The number of benzene rings is 1. The van der Waals surface area contributed by atoms with Gasteiger partial charge >= 0.3 is 0 Å². The predicted octanol–water partition coefficient (Wildman–Crippen LogP) is 0.958. The van der Waals surface area contributed by atoms with Crippen molar-refractivity contribution in [2.45, 2.75) is 6.04 Å². The molecule has 0 aromatic heterocycles. The minimum absolute atomic E-state index is 0.130. The molecular weight excluding hydrogens is 286 g/mol. The minimum Gasteiger partial charge on any atom is -0.397 e. The van der Waals surface area contributed by atoms with E-state index in [0.717, 1.165) is 4.47 Å². The lowest BCUT2D eigenvalue weighted by atomic mass is 10.2. The first-order chi connectivity index (χ1) is 8.16. The fourth-order valence-electron chi connectivity index (χ4n) is 1.59. The third-order valence-corrected chi connectivity index (χ3v) is 3.00. The highest BCUT2D eigenvalue weighted by atomic mass is 79.9. The van der Waals surface area contributed by atoms with Gasteiger partial charge in [-0.15, -0.1) is 0 Å². The summed E-state index contributed by atoms with van der Waals surface area (Å²) in [5.41, 5.74) is 6.93. The van der Waals surface area contributed by atoms with Crippen LogP contribution >= 0.6 is 15.9 Å². The van der Waals surface area contributed by atoms with Gasteiger partial charge in [0.2, 0.25) is 5.91 Å². The van der Waals surface area contributed by atoms with Crippen LogP contribution in [0.2, 0.25) is 0 Å². The summed E-state index contributed by atoms with van der Waals surface area (Å²) in [7, 11) is 0. The Hall–Kier alpha value is -1.11. The van der Waals surface area contributed by atoms with Gasteiger partial charge in [-0.2, -0.15) is 0 Å². The number of nitrogens with two attached hydrogens (primary N) is 1. The van der Waals surface area contributed by atoms with E-state index in [0.29, 0.717) is 31.1 Å². The summed E-state index contributed by atoms with van der Waals surface area (Å²) < 4.78 is 6.10. The number of hydrogen-bond donors (Lipinski definition) is 3. The molecule has 92 valence electrons. The van der Waals surface area contributed by atoms with E-state index in [1.54, 1.807) is 12.1 Å². The van der Waals surface area contributed by atoms with Gasteiger partial charge in [-0.1, -0.05) is 15.9 Å². The van der Waals surface area contributed by atoms with E-state index in [1.165, 1.54) is 0 Å². The molecule has 1 fully saturated rings. The summed E-state index contributed by atoms with van der Waals surface area (Å²) in [4.78, 5) is 11.9. The summed E-state index contributed by atoms with van der Waals surface area (Å²) in [6, 6.07) is 5.02. The second-order valence-corrected chi connectivity index (χ2v) is 4.72. The standard InChI is InChI=1S/C11H14BrN3O2/c12-7-1-2-8(13)9(5-7)15-11(16)10-6-17-4-3-14-10/h1-2,5,10,14H,3-4,6,13H2,(H,15,16)/t10-/m0/s1. The van der Waals surface area contributed by atoms with Crippen molar-refractivity contribution >= 4 is 33.2 Å². The van der Waals surface area contributed by atoms with Crippen LogP contribution in [0.1, 0.15) is 0 Å². The molecular formula is C11H14BrN3O2. The zero-order valence-electron chi connectivity index (χ0n) is 9.20. The quantitative estimate of drug-likeness (QED) is 0.711. The van der Waals surface area contributed by atoms with Gasteiger partial charge in [-0.05, 0) is 18.2 Å². The van der Waals surface area contributed by atoms with Crippen LogP contribution < -0.4 is 16.4 Å². The molecule has 1 aliphatic rings. The third kappa shape index (κ3) is 3.18. The average molecular weight is 300 g/mol. The monoisotopic (exact) mass is 299 g/mol. The fraction of sp³-hybridized carbons (Fsp3) is 0.364. The summed E-state index contributed by atoms with van der Waals surface area (Å²) >= 11 is 3.34. The molecule has 1 aliphatic heterocycles. The number of anilines is 2. The Morgan fingerprint density at radius 3 is 3.12 bits per heavy atom. The molecule has 1 aromatic rings. The molecule has 2 rings (SSSR count). The largest absolute Gasteiger partial charge is 0.397 e. The number of hydrogen-bond acceptors (Lipinski definition) is 4. The van der Waals surface area contributed by atoms with E-state index in [4.69, 9.17) is 10.5 Å². The van der Waals surface area contributed by atoms with Crippen molar-refractivity contribution < 1.29 is 9.53 Å². The van der Waals surface area contributed by atoms with Gasteiger partial charge < -0.3 is 21.1 Å². The zero-order valence-corrected chi connectivity index (χ0v) is 10.8. The number of amides is 1. The predicted molar refractivity (Wildman–Crippen MR) is 69.8 cm³/mol. The van der Waals surface area contributed by atoms with E-state index in [1.807, 2.05) is 6.07 Å². The van der Waals surface area contributed by atoms with Crippen molar-refractivity contribution in [2.75, 3.05) is 30.8 Å². The van der Waals surface area contributed by atoms with Crippen molar-refractivity contribution in [1.82, 2.24) is 5.32 Å². The first-order valence-electron chi connectivity index (χ1n) is 5.34. The molecule has 1 atom stereocenters. The van der Waals surface area contributed by atoms with Gasteiger partial charge in [0, 0.05) is 11.0 Å². The number of morpholine rings is 1. The Balaban J connectivity index is 2.04. The number of carbonyl (C=O) groups excluding carboxylic acids is 1. The van der Waals surface area contributed by atoms with Crippen LogP contribution in [-0.4, -0.2) is 31.7 Å². The van der Waals surface area contributed by atoms with E-state index < -0.39 is 0 Å².